The Bertz CT molecular complexity index is 275. The highest BCUT2D eigenvalue weighted by atomic mass is 16.5. The van der Waals surface area contributed by atoms with Gasteiger partial charge >= 0.3 is 5.97 Å². The molecule has 0 fully saturated rings. The van der Waals surface area contributed by atoms with Crippen molar-refractivity contribution in [1.29, 1.82) is 0 Å². The van der Waals surface area contributed by atoms with Crippen molar-refractivity contribution in [3.8, 4) is 0 Å². The van der Waals surface area contributed by atoms with Crippen LogP contribution in [0.4, 0.5) is 0 Å². The first kappa shape index (κ1) is 24.5. The Morgan fingerprint density at radius 2 is 1.08 bits per heavy atom. The summed E-state index contributed by atoms with van der Waals surface area (Å²) in [6, 6.07) is 0. The smallest absolute Gasteiger partial charge is 0.306 e. The molecular weight excluding hydrogens is 308 g/mol. The average Bonchev–Trinajstić information content (AvgIpc) is 2.62. The second-order valence-electron chi connectivity index (χ2n) is 7.65. The summed E-state index contributed by atoms with van der Waals surface area (Å²) in [5, 5.41) is 0. The van der Waals surface area contributed by atoms with Gasteiger partial charge in [-0.1, -0.05) is 104 Å². The first-order chi connectivity index (χ1) is 12.2. The Morgan fingerprint density at radius 3 is 1.56 bits per heavy atom. The molecule has 0 aromatic heterocycles. The normalized spacial score (nSPS) is 12.3. The molecule has 0 aliphatic heterocycles. The Morgan fingerprint density at radius 1 is 0.640 bits per heavy atom. The van der Waals surface area contributed by atoms with Gasteiger partial charge < -0.3 is 4.74 Å². The van der Waals surface area contributed by atoms with Crippen molar-refractivity contribution in [2.45, 2.75) is 142 Å². The van der Waals surface area contributed by atoms with E-state index in [0.29, 0.717) is 6.42 Å². The fraction of sp³-hybridized carbons (Fsp3) is 0.957. The molecule has 0 saturated carbocycles. The first-order valence-electron chi connectivity index (χ1n) is 11.4. The van der Waals surface area contributed by atoms with E-state index in [9.17, 15) is 4.79 Å². The lowest BCUT2D eigenvalue weighted by molar-refractivity contribution is -0.149. The molecule has 0 rings (SSSR count). The van der Waals surface area contributed by atoms with Crippen LogP contribution in [0.25, 0.3) is 0 Å². The average molecular weight is 355 g/mol. The fourth-order valence-electron chi connectivity index (χ4n) is 3.32. The van der Waals surface area contributed by atoms with Crippen LogP contribution >= 0.6 is 0 Å². The standard InChI is InChI=1S/C23H46O2/c1-4-7-9-11-13-14-15-16-18-20-22(6-3)25-23(24)21-19-17-12-10-8-5-2/h22H,4-21H2,1-3H3/t22-/m1/s1. The van der Waals surface area contributed by atoms with Gasteiger partial charge in [0.1, 0.15) is 6.10 Å². The van der Waals surface area contributed by atoms with Gasteiger partial charge in [0.05, 0.1) is 0 Å². The molecule has 2 nitrogen and oxygen atoms in total. The fourth-order valence-corrected chi connectivity index (χ4v) is 3.32. The Balaban J connectivity index is 3.49. The Hall–Kier alpha value is -0.530. The summed E-state index contributed by atoms with van der Waals surface area (Å²) in [7, 11) is 0. The number of hydrogen-bond acceptors (Lipinski definition) is 2. The molecule has 0 aliphatic carbocycles. The van der Waals surface area contributed by atoms with Gasteiger partial charge in [0.15, 0.2) is 0 Å². The van der Waals surface area contributed by atoms with Crippen LogP contribution in [0.1, 0.15) is 136 Å². The minimum absolute atomic E-state index is 0.0262. The van der Waals surface area contributed by atoms with Gasteiger partial charge in [-0.25, -0.2) is 0 Å². The second kappa shape index (κ2) is 19.8. The molecular formula is C23H46O2. The van der Waals surface area contributed by atoms with Crippen molar-refractivity contribution in [2.24, 2.45) is 0 Å². The van der Waals surface area contributed by atoms with Crippen LogP contribution in [0.3, 0.4) is 0 Å². The number of ether oxygens (including phenoxy) is 1. The summed E-state index contributed by atoms with van der Waals surface area (Å²) >= 11 is 0. The minimum atomic E-state index is 0.0262. The molecule has 0 unspecified atom stereocenters. The van der Waals surface area contributed by atoms with Gasteiger partial charge in [0.25, 0.3) is 0 Å². The Kier molecular flexibility index (Phi) is 19.4. The van der Waals surface area contributed by atoms with E-state index < -0.39 is 0 Å². The van der Waals surface area contributed by atoms with E-state index in [1.165, 1.54) is 89.9 Å². The topological polar surface area (TPSA) is 26.3 Å². The lowest BCUT2D eigenvalue weighted by atomic mass is 10.0. The van der Waals surface area contributed by atoms with Crippen molar-refractivity contribution < 1.29 is 9.53 Å². The van der Waals surface area contributed by atoms with Crippen LogP contribution in [0.5, 0.6) is 0 Å². The lowest BCUT2D eigenvalue weighted by Crippen LogP contribution is -2.17. The quantitative estimate of drug-likeness (QED) is 0.173. The van der Waals surface area contributed by atoms with E-state index >= 15 is 0 Å². The van der Waals surface area contributed by atoms with Crippen molar-refractivity contribution in [1.82, 2.24) is 0 Å². The molecule has 0 aromatic rings. The maximum Gasteiger partial charge on any atom is 0.306 e. The predicted molar refractivity (Wildman–Crippen MR) is 110 cm³/mol. The SMILES string of the molecule is CCCCCCCCCCC[C@@H](CC)OC(=O)CCCCCCCC. The van der Waals surface area contributed by atoms with Crippen LogP contribution in [-0.2, 0) is 9.53 Å². The van der Waals surface area contributed by atoms with Gasteiger partial charge in [0.2, 0.25) is 0 Å². The molecule has 0 bridgehead atoms. The summed E-state index contributed by atoms with van der Waals surface area (Å²) in [6.07, 6.45) is 22.2. The summed E-state index contributed by atoms with van der Waals surface area (Å²) < 4.78 is 5.66. The van der Waals surface area contributed by atoms with Crippen molar-refractivity contribution in [3.05, 3.63) is 0 Å². The number of rotatable bonds is 19. The monoisotopic (exact) mass is 354 g/mol. The molecule has 0 radical (unpaired) electrons. The summed E-state index contributed by atoms with van der Waals surface area (Å²) in [6.45, 7) is 6.64. The summed E-state index contributed by atoms with van der Waals surface area (Å²) in [4.78, 5) is 11.9. The zero-order chi connectivity index (χ0) is 18.6. The van der Waals surface area contributed by atoms with Crippen LogP contribution < -0.4 is 0 Å². The maximum absolute atomic E-state index is 11.9. The number of carbonyl (C=O) groups is 1. The minimum Gasteiger partial charge on any atom is -0.462 e. The van der Waals surface area contributed by atoms with E-state index in [2.05, 4.69) is 20.8 Å². The molecule has 150 valence electrons. The molecule has 0 heterocycles. The van der Waals surface area contributed by atoms with Crippen LogP contribution in [0.15, 0.2) is 0 Å². The van der Waals surface area contributed by atoms with E-state index in [-0.39, 0.29) is 12.1 Å². The molecule has 0 aromatic carbocycles. The molecule has 0 spiro atoms. The third kappa shape index (κ3) is 18.1. The van der Waals surface area contributed by atoms with E-state index in [1.54, 1.807) is 0 Å². The molecule has 2 heteroatoms. The van der Waals surface area contributed by atoms with Crippen LogP contribution in [0.2, 0.25) is 0 Å². The summed E-state index contributed by atoms with van der Waals surface area (Å²) in [5.74, 6) is 0.0262. The van der Waals surface area contributed by atoms with E-state index in [4.69, 9.17) is 4.74 Å². The molecule has 1 atom stereocenters. The molecule has 0 amide bonds. The van der Waals surface area contributed by atoms with Crippen LogP contribution in [0, 0.1) is 0 Å². The molecule has 0 N–H and O–H groups in total. The highest BCUT2D eigenvalue weighted by Crippen LogP contribution is 2.15. The van der Waals surface area contributed by atoms with Gasteiger partial charge in [-0.2, -0.15) is 0 Å². The van der Waals surface area contributed by atoms with Gasteiger partial charge in [0, 0.05) is 6.42 Å². The molecule has 0 aliphatic rings. The van der Waals surface area contributed by atoms with Gasteiger partial charge in [-0.3, -0.25) is 4.79 Å². The number of hydrogen-bond donors (Lipinski definition) is 0. The van der Waals surface area contributed by atoms with E-state index in [1.807, 2.05) is 0 Å². The zero-order valence-corrected chi connectivity index (χ0v) is 17.6. The van der Waals surface area contributed by atoms with Crippen molar-refractivity contribution >= 4 is 5.97 Å². The van der Waals surface area contributed by atoms with Gasteiger partial charge in [-0.05, 0) is 25.7 Å². The van der Waals surface area contributed by atoms with E-state index in [0.717, 1.165) is 19.3 Å². The number of carbonyl (C=O) groups excluding carboxylic acids is 1. The third-order valence-electron chi connectivity index (χ3n) is 5.12. The van der Waals surface area contributed by atoms with Gasteiger partial charge in [-0.15, -0.1) is 0 Å². The molecule has 25 heavy (non-hydrogen) atoms. The highest BCUT2D eigenvalue weighted by molar-refractivity contribution is 5.69. The predicted octanol–water partition coefficient (Wildman–Crippen LogP) is 7.98. The largest absolute Gasteiger partial charge is 0.462 e. The highest BCUT2D eigenvalue weighted by Gasteiger charge is 2.12. The maximum atomic E-state index is 11.9. The zero-order valence-electron chi connectivity index (χ0n) is 17.6. The van der Waals surface area contributed by atoms with Crippen LogP contribution in [-0.4, -0.2) is 12.1 Å². The first-order valence-corrected chi connectivity index (χ1v) is 11.4. The second-order valence-corrected chi connectivity index (χ2v) is 7.65. The molecule has 0 saturated heterocycles. The van der Waals surface area contributed by atoms with Crippen molar-refractivity contribution in [2.75, 3.05) is 0 Å². The Labute approximate surface area is 158 Å². The third-order valence-corrected chi connectivity index (χ3v) is 5.12. The lowest BCUT2D eigenvalue weighted by Gasteiger charge is -2.16. The van der Waals surface area contributed by atoms with Crippen molar-refractivity contribution in [3.63, 3.8) is 0 Å². The number of unbranched alkanes of at least 4 members (excludes halogenated alkanes) is 13. The number of esters is 1. The summed E-state index contributed by atoms with van der Waals surface area (Å²) in [5.41, 5.74) is 0.